The van der Waals surface area contributed by atoms with Gasteiger partial charge >= 0.3 is 0 Å². The van der Waals surface area contributed by atoms with Crippen molar-refractivity contribution in [1.29, 1.82) is 0 Å². The molecule has 3 heteroatoms. The fourth-order valence-corrected chi connectivity index (χ4v) is 0.808. The summed E-state index contributed by atoms with van der Waals surface area (Å²) >= 11 is 0. The highest BCUT2D eigenvalue weighted by atomic mass is 16.5. The molecule has 0 aliphatic heterocycles. The monoisotopic (exact) mass is 159 g/mol. The van der Waals surface area contributed by atoms with Crippen molar-refractivity contribution in [3.8, 4) is 0 Å². The fourth-order valence-electron chi connectivity index (χ4n) is 0.808. The maximum Gasteiger partial charge on any atom is 0.0836 e. The van der Waals surface area contributed by atoms with Gasteiger partial charge < -0.3 is 16.2 Å². The molecule has 0 saturated carbocycles. The summed E-state index contributed by atoms with van der Waals surface area (Å²) in [5.74, 6) is 0.257. The Morgan fingerprint density at radius 1 is 1.55 bits per heavy atom. The summed E-state index contributed by atoms with van der Waals surface area (Å²) in [4.78, 5) is 0. The molecule has 0 amide bonds. The van der Waals surface area contributed by atoms with E-state index in [1.54, 1.807) is 13.7 Å². The van der Waals surface area contributed by atoms with E-state index < -0.39 is 5.66 Å². The van der Waals surface area contributed by atoms with Crippen molar-refractivity contribution in [2.24, 2.45) is 17.4 Å². The molecular formula is C8H19N2O. The van der Waals surface area contributed by atoms with Crippen LogP contribution in [0.5, 0.6) is 0 Å². The van der Waals surface area contributed by atoms with Crippen molar-refractivity contribution in [1.82, 2.24) is 0 Å². The first-order valence-corrected chi connectivity index (χ1v) is 3.96. The maximum absolute atomic E-state index is 5.80. The molecule has 1 radical (unpaired) electrons. The van der Waals surface area contributed by atoms with Crippen LogP contribution in [-0.2, 0) is 4.74 Å². The van der Waals surface area contributed by atoms with E-state index >= 15 is 0 Å². The SMILES string of the molecule is CCC(N)(N)C(C)C[CH]OC. The summed E-state index contributed by atoms with van der Waals surface area (Å²) in [6.07, 6.45) is 1.59. The number of nitrogens with two attached hydrogens (primary N) is 2. The lowest BCUT2D eigenvalue weighted by molar-refractivity contribution is 0.210. The molecule has 0 saturated heterocycles. The maximum atomic E-state index is 5.80. The third-order valence-corrected chi connectivity index (χ3v) is 2.15. The van der Waals surface area contributed by atoms with Gasteiger partial charge in [-0.05, 0) is 18.8 Å². The van der Waals surface area contributed by atoms with Crippen molar-refractivity contribution < 1.29 is 4.74 Å². The average molecular weight is 159 g/mol. The van der Waals surface area contributed by atoms with Gasteiger partial charge in [-0.2, -0.15) is 0 Å². The summed E-state index contributed by atoms with van der Waals surface area (Å²) in [5.41, 5.74) is 11.0. The molecular weight excluding hydrogens is 140 g/mol. The Hall–Kier alpha value is -0.120. The largest absolute Gasteiger partial charge is 0.379 e. The molecule has 1 atom stereocenters. The lowest BCUT2D eigenvalue weighted by Crippen LogP contribution is -2.54. The third-order valence-electron chi connectivity index (χ3n) is 2.15. The number of hydrogen-bond acceptors (Lipinski definition) is 3. The normalized spacial score (nSPS) is 15.0. The molecule has 11 heavy (non-hydrogen) atoms. The molecule has 0 bridgehead atoms. The first kappa shape index (κ1) is 10.9. The van der Waals surface area contributed by atoms with Gasteiger partial charge in [0.15, 0.2) is 0 Å². The summed E-state index contributed by atoms with van der Waals surface area (Å²) in [6.45, 7) is 5.75. The Labute approximate surface area is 69.1 Å². The van der Waals surface area contributed by atoms with Crippen molar-refractivity contribution >= 4 is 0 Å². The van der Waals surface area contributed by atoms with Crippen LogP contribution >= 0.6 is 0 Å². The molecule has 0 aromatic carbocycles. The van der Waals surface area contributed by atoms with E-state index in [0.717, 1.165) is 12.8 Å². The van der Waals surface area contributed by atoms with Crippen LogP contribution in [0.4, 0.5) is 0 Å². The molecule has 0 aliphatic rings. The Kier molecular flexibility index (Phi) is 4.65. The van der Waals surface area contributed by atoms with Gasteiger partial charge in [0.25, 0.3) is 0 Å². The predicted molar refractivity (Wildman–Crippen MR) is 46.5 cm³/mol. The number of rotatable bonds is 5. The van der Waals surface area contributed by atoms with Crippen molar-refractivity contribution in [3.05, 3.63) is 6.61 Å². The zero-order valence-corrected chi connectivity index (χ0v) is 7.63. The zero-order chi connectivity index (χ0) is 8.91. The molecule has 4 N–H and O–H groups in total. The van der Waals surface area contributed by atoms with Gasteiger partial charge in [-0.25, -0.2) is 0 Å². The van der Waals surface area contributed by atoms with E-state index in [4.69, 9.17) is 16.2 Å². The van der Waals surface area contributed by atoms with Crippen LogP contribution < -0.4 is 11.5 Å². The molecule has 67 valence electrons. The van der Waals surface area contributed by atoms with Gasteiger partial charge in [-0.1, -0.05) is 13.8 Å². The molecule has 0 spiro atoms. The minimum Gasteiger partial charge on any atom is -0.379 e. The highest BCUT2D eigenvalue weighted by Gasteiger charge is 2.24. The van der Waals surface area contributed by atoms with Crippen LogP contribution in [0.15, 0.2) is 0 Å². The van der Waals surface area contributed by atoms with Crippen LogP contribution in [0, 0.1) is 12.5 Å². The Morgan fingerprint density at radius 3 is 2.45 bits per heavy atom. The minimum atomic E-state index is -0.560. The van der Waals surface area contributed by atoms with Gasteiger partial charge in [0.05, 0.1) is 12.3 Å². The Bertz CT molecular complexity index is 104. The molecule has 1 unspecified atom stereocenters. The van der Waals surface area contributed by atoms with E-state index in [-0.39, 0.29) is 5.92 Å². The van der Waals surface area contributed by atoms with Gasteiger partial charge in [0.1, 0.15) is 0 Å². The quantitative estimate of drug-likeness (QED) is 0.584. The van der Waals surface area contributed by atoms with Gasteiger partial charge in [-0.3, -0.25) is 0 Å². The van der Waals surface area contributed by atoms with Crippen LogP contribution in [-0.4, -0.2) is 12.8 Å². The predicted octanol–water partition coefficient (Wildman–Crippen LogP) is 0.844. The van der Waals surface area contributed by atoms with Crippen molar-refractivity contribution in [3.63, 3.8) is 0 Å². The van der Waals surface area contributed by atoms with E-state index in [9.17, 15) is 0 Å². The van der Waals surface area contributed by atoms with Crippen LogP contribution in [0.2, 0.25) is 0 Å². The molecule has 0 aliphatic carbocycles. The molecule has 0 aromatic heterocycles. The molecule has 0 aromatic rings. The fraction of sp³-hybridized carbons (Fsp3) is 0.875. The van der Waals surface area contributed by atoms with Crippen molar-refractivity contribution in [2.75, 3.05) is 7.11 Å². The Morgan fingerprint density at radius 2 is 2.09 bits per heavy atom. The smallest absolute Gasteiger partial charge is 0.0836 e. The summed E-state index contributed by atoms with van der Waals surface area (Å²) in [7, 11) is 1.63. The number of hydrogen-bond donors (Lipinski definition) is 2. The third kappa shape index (κ3) is 3.70. The molecule has 0 fully saturated rings. The highest BCUT2D eigenvalue weighted by Crippen LogP contribution is 2.16. The topological polar surface area (TPSA) is 61.3 Å². The standard InChI is InChI=1S/C8H19N2O/c1-4-8(9,10)7(2)5-6-11-3/h6-7H,4-5,9-10H2,1-3H3. The van der Waals surface area contributed by atoms with E-state index in [0.29, 0.717) is 0 Å². The van der Waals surface area contributed by atoms with Crippen LogP contribution in [0.1, 0.15) is 26.7 Å². The van der Waals surface area contributed by atoms with Crippen LogP contribution in [0.25, 0.3) is 0 Å². The van der Waals surface area contributed by atoms with E-state index in [1.165, 1.54) is 0 Å². The molecule has 0 rings (SSSR count). The lowest BCUT2D eigenvalue weighted by Gasteiger charge is -2.29. The van der Waals surface area contributed by atoms with Crippen LogP contribution in [0.3, 0.4) is 0 Å². The van der Waals surface area contributed by atoms with Gasteiger partial charge in [0, 0.05) is 7.11 Å². The lowest BCUT2D eigenvalue weighted by atomic mass is 9.91. The summed E-state index contributed by atoms with van der Waals surface area (Å²) in [5, 5.41) is 0. The number of methoxy groups -OCH3 is 1. The van der Waals surface area contributed by atoms with E-state index in [2.05, 4.69) is 0 Å². The van der Waals surface area contributed by atoms with Gasteiger partial charge in [0.2, 0.25) is 0 Å². The summed E-state index contributed by atoms with van der Waals surface area (Å²) < 4.78 is 4.82. The summed E-state index contributed by atoms with van der Waals surface area (Å²) in [6, 6.07) is 0. The van der Waals surface area contributed by atoms with Gasteiger partial charge in [-0.15, -0.1) is 0 Å². The highest BCUT2D eigenvalue weighted by molar-refractivity contribution is 4.82. The second-order valence-corrected chi connectivity index (χ2v) is 3.01. The zero-order valence-electron chi connectivity index (χ0n) is 7.63. The molecule has 3 nitrogen and oxygen atoms in total. The average Bonchev–Trinajstić information content (AvgIpc) is 2.00. The Balaban J connectivity index is 3.71. The van der Waals surface area contributed by atoms with E-state index in [1.807, 2.05) is 13.8 Å². The second kappa shape index (κ2) is 4.70. The minimum absolute atomic E-state index is 0.257. The second-order valence-electron chi connectivity index (χ2n) is 3.01. The molecule has 0 heterocycles. The first-order chi connectivity index (χ1) is 5.04. The first-order valence-electron chi connectivity index (χ1n) is 3.96. The number of ether oxygens (including phenoxy) is 1. The van der Waals surface area contributed by atoms with Crippen molar-refractivity contribution in [2.45, 2.75) is 32.4 Å².